The Morgan fingerprint density at radius 1 is 0.531 bits per heavy atom. The molecule has 0 fully saturated rings. The minimum absolute atomic E-state index is 0.0419. The molecule has 0 bridgehead atoms. The van der Waals surface area contributed by atoms with Gasteiger partial charge < -0.3 is 69.0 Å². The standard InChI is InChI=1S/C69H99N15O10S2/c1-40-42(3)60(44(5)48-26-28-68(7,8)93-58(40)48)95(89,90)83-66(72)77-33-17-24-56(81-62(85)52(70)36-46-38-79-54-22-13-11-20-50(46)54)64(87)75-32-16-15-30-74-31-19-35-76-65(88)57(82-63(86)53(71)37-47-39-80-55-23-14-12-21-51(47)55)25-18-34-78-67(73)84-96(91,92)61-43(4)41(2)59-49(45(61)6)27-29-69(9,10)94-59/h11-14,20-23,38-39,52-53,56-57,74,79-80H,15-19,24-37,70-71H2,1-10H3,(H,75,87)(H,76,88)(H,81,85)(H,82,86)(H3,72,77,83)(H3,73,78,84)/t52-,53-,56-,57-/m1/s1. The highest BCUT2D eigenvalue weighted by molar-refractivity contribution is 7.90. The number of fused-ring (bicyclic) bond motifs is 4. The number of nitrogens with one attached hydrogen (secondary N) is 9. The molecule has 4 heterocycles. The maximum Gasteiger partial charge on any atom is 0.264 e. The van der Waals surface area contributed by atoms with Gasteiger partial charge in [-0.05, 0) is 234 Å². The molecule has 8 rings (SSSR count). The Hall–Kier alpha value is -8.24. The molecule has 6 aromatic rings. The molecule has 0 unspecified atom stereocenters. The van der Waals surface area contributed by atoms with Gasteiger partial charge in [0.2, 0.25) is 35.5 Å². The van der Waals surface area contributed by atoms with Crippen molar-refractivity contribution in [2.24, 2.45) is 32.9 Å². The summed E-state index contributed by atoms with van der Waals surface area (Å²) in [4.78, 5) is 70.2. The number of H-pyrrole nitrogens is 2. The number of ether oxygens (including phenoxy) is 2. The number of carbonyl (C=O) groups excluding carboxylic acids is 4. The van der Waals surface area contributed by atoms with Crippen molar-refractivity contribution >= 4 is 77.4 Å². The molecule has 0 aliphatic carbocycles. The molecule has 17 N–H and O–H groups in total. The summed E-state index contributed by atoms with van der Waals surface area (Å²) in [6, 6.07) is 11.4. The Morgan fingerprint density at radius 2 is 0.917 bits per heavy atom. The Morgan fingerprint density at radius 3 is 1.34 bits per heavy atom. The van der Waals surface area contributed by atoms with E-state index in [1.165, 1.54) is 0 Å². The zero-order valence-corrected chi connectivity index (χ0v) is 58.8. The number of nitrogens with zero attached hydrogens (tertiary/aromatic N) is 2. The number of para-hydroxylation sites is 2. The van der Waals surface area contributed by atoms with Gasteiger partial charge in [-0.3, -0.25) is 29.2 Å². The van der Waals surface area contributed by atoms with E-state index in [1.807, 2.05) is 102 Å². The SMILES string of the molecule is Cc1c(C)c(S(=O)(=O)NC(N)=NCCC[C@@H](NC(=O)[C@H](N)Cc2c[nH]c3ccccc23)C(=O)NCCCCNCCCNC(=O)[C@@H](CCCN=C(N)NS(=O)(=O)c2c(C)c(C)c3c(c2C)CCC(C)(C)O3)NC(=O)[C@H](N)Cc2c[nH]c3ccccc23)c(C)c2c1OC(C)(C)CC2. The van der Waals surface area contributed by atoms with Crippen LogP contribution in [0, 0.1) is 41.5 Å². The zero-order valence-electron chi connectivity index (χ0n) is 57.1. The van der Waals surface area contributed by atoms with Gasteiger partial charge in [0.15, 0.2) is 0 Å². The summed E-state index contributed by atoms with van der Waals surface area (Å²) >= 11 is 0. The summed E-state index contributed by atoms with van der Waals surface area (Å²) in [5.74, 6) is -1.08. The number of benzene rings is 4. The number of unbranched alkanes of at least 4 members (excludes halogenated alkanes) is 1. The van der Waals surface area contributed by atoms with E-state index in [0.717, 1.165) is 68.0 Å². The van der Waals surface area contributed by atoms with Gasteiger partial charge in [0.1, 0.15) is 34.8 Å². The molecule has 96 heavy (non-hydrogen) atoms. The first kappa shape index (κ1) is 73.6. The van der Waals surface area contributed by atoms with Gasteiger partial charge in [0, 0.05) is 60.4 Å². The number of sulfonamides is 2. The fraction of sp³-hybridized carbons (Fsp3) is 0.507. The number of aromatic amines is 2. The third kappa shape index (κ3) is 18.4. The fourth-order valence-electron chi connectivity index (χ4n) is 12.7. The maximum atomic E-state index is 13.9. The lowest BCUT2D eigenvalue weighted by Crippen LogP contribution is -2.52. The molecule has 27 heteroatoms. The zero-order chi connectivity index (χ0) is 69.9. The number of nitrogens with two attached hydrogens (primary N) is 4. The van der Waals surface area contributed by atoms with E-state index >= 15 is 0 Å². The second kappa shape index (κ2) is 31.8. The second-order valence-electron chi connectivity index (χ2n) is 26.6. The molecule has 4 atom stereocenters. The van der Waals surface area contributed by atoms with Crippen molar-refractivity contribution in [1.82, 2.24) is 46.0 Å². The summed E-state index contributed by atoms with van der Waals surface area (Å²) < 4.78 is 73.0. The number of amides is 4. The third-order valence-electron chi connectivity index (χ3n) is 18.3. The van der Waals surface area contributed by atoms with Crippen molar-refractivity contribution < 1.29 is 45.5 Å². The summed E-state index contributed by atoms with van der Waals surface area (Å²) in [6.07, 6.45) is 9.47. The van der Waals surface area contributed by atoms with E-state index in [4.69, 9.17) is 32.4 Å². The van der Waals surface area contributed by atoms with Gasteiger partial charge in [-0.15, -0.1) is 0 Å². The molecule has 2 aromatic heterocycles. The Bertz CT molecular complexity index is 3860. The van der Waals surface area contributed by atoms with Crippen LogP contribution < -0.4 is 68.4 Å². The second-order valence-corrected chi connectivity index (χ2v) is 29.9. The summed E-state index contributed by atoms with van der Waals surface area (Å²) in [5, 5.41) is 16.8. The van der Waals surface area contributed by atoms with Crippen LogP contribution in [0.5, 0.6) is 11.5 Å². The van der Waals surface area contributed by atoms with Crippen molar-refractivity contribution in [1.29, 1.82) is 0 Å². The topological polar surface area (TPSA) is 400 Å². The van der Waals surface area contributed by atoms with Gasteiger partial charge in [0.25, 0.3) is 20.0 Å². The van der Waals surface area contributed by atoms with Gasteiger partial charge in [-0.25, -0.2) is 26.3 Å². The molecule has 4 aromatic carbocycles. The van der Waals surface area contributed by atoms with Crippen molar-refractivity contribution in [3.63, 3.8) is 0 Å². The van der Waals surface area contributed by atoms with Crippen molar-refractivity contribution in [2.75, 3.05) is 39.3 Å². The van der Waals surface area contributed by atoms with Crippen molar-refractivity contribution in [2.45, 2.75) is 198 Å². The monoisotopic (exact) mass is 1360 g/mol. The van der Waals surface area contributed by atoms with E-state index in [2.05, 4.69) is 56.0 Å². The number of carbonyl (C=O) groups is 4. The van der Waals surface area contributed by atoms with Gasteiger partial charge in [-0.2, -0.15) is 0 Å². The molecule has 2 aliphatic heterocycles. The normalized spacial score (nSPS) is 15.9. The van der Waals surface area contributed by atoms with Crippen molar-refractivity contribution in [3.05, 3.63) is 117 Å². The van der Waals surface area contributed by atoms with Crippen LogP contribution in [0.3, 0.4) is 0 Å². The molecule has 0 saturated carbocycles. The summed E-state index contributed by atoms with van der Waals surface area (Å²) in [6.45, 7) is 20.6. The van der Waals surface area contributed by atoms with Crippen LogP contribution in [-0.2, 0) is 64.9 Å². The van der Waals surface area contributed by atoms with Crippen LogP contribution in [0.2, 0.25) is 0 Å². The lowest BCUT2D eigenvalue weighted by Gasteiger charge is -2.35. The maximum absolute atomic E-state index is 13.9. The van der Waals surface area contributed by atoms with Crippen LogP contribution >= 0.6 is 0 Å². The molecule has 25 nitrogen and oxygen atoms in total. The van der Waals surface area contributed by atoms with Gasteiger partial charge >= 0.3 is 0 Å². The highest BCUT2D eigenvalue weighted by atomic mass is 32.2. The smallest absolute Gasteiger partial charge is 0.264 e. The van der Waals surface area contributed by atoms with E-state index in [0.29, 0.717) is 85.5 Å². The molecule has 2 aliphatic rings. The minimum Gasteiger partial charge on any atom is -0.487 e. The molecule has 0 radical (unpaired) electrons. The van der Waals surface area contributed by atoms with Gasteiger partial charge in [0.05, 0.1) is 21.9 Å². The molecule has 0 spiro atoms. The first-order valence-electron chi connectivity index (χ1n) is 33.1. The molecule has 522 valence electrons. The average Bonchev–Trinajstić information content (AvgIpc) is 1.05. The highest BCUT2D eigenvalue weighted by Gasteiger charge is 2.36. The number of aromatic nitrogens is 2. The fourth-order valence-corrected chi connectivity index (χ4v) is 15.7. The number of hydrogen-bond acceptors (Lipinski definition) is 15. The largest absolute Gasteiger partial charge is 0.487 e. The van der Waals surface area contributed by atoms with Crippen LogP contribution in [0.4, 0.5) is 0 Å². The Kier molecular flexibility index (Phi) is 24.3. The number of guanidine groups is 2. The Labute approximate surface area is 564 Å². The molecule has 4 amide bonds. The van der Waals surface area contributed by atoms with E-state index in [-0.39, 0.29) is 91.1 Å². The predicted octanol–water partition coefficient (Wildman–Crippen LogP) is 5.26. The quantitative estimate of drug-likeness (QED) is 0.0150. The Balaban J connectivity index is 0.807. The molecule has 0 saturated heterocycles. The number of aliphatic imine (C=N–C) groups is 2. The molecular formula is C69H99N15O10S2. The predicted molar refractivity (Wildman–Crippen MR) is 376 cm³/mol. The van der Waals surface area contributed by atoms with E-state index < -0.39 is 67.8 Å². The average molecular weight is 1360 g/mol. The van der Waals surface area contributed by atoms with Crippen LogP contribution in [0.15, 0.2) is 80.7 Å². The first-order chi connectivity index (χ1) is 45.4. The first-order valence-corrected chi connectivity index (χ1v) is 36.1. The minimum atomic E-state index is -4.15. The molecular weight excluding hydrogens is 1260 g/mol. The number of hydrogen-bond donors (Lipinski definition) is 13. The van der Waals surface area contributed by atoms with Crippen LogP contribution in [0.1, 0.15) is 141 Å². The van der Waals surface area contributed by atoms with Crippen LogP contribution in [-0.4, -0.2) is 137 Å². The van der Waals surface area contributed by atoms with Gasteiger partial charge in [-0.1, -0.05) is 36.4 Å². The lowest BCUT2D eigenvalue weighted by molar-refractivity contribution is -0.129. The van der Waals surface area contributed by atoms with E-state index in [9.17, 15) is 36.0 Å². The summed E-state index contributed by atoms with van der Waals surface area (Å²) in [7, 11) is -8.31. The highest BCUT2D eigenvalue weighted by Crippen LogP contribution is 2.44. The summed E-state index contributed by atoms with van der Waals surface area (Å²) in [5.41, 5.74) is 33.6. The van der Waals surface area contributed by atoms with Crippen molar-refractivity contribution in [3.8, 4) is 11.5 Å². The van der Waals surface area contributed by atoms with Crippen LogP contribution in [0.25, 0.3) is 21.8 Å². The third-order valence-corrected chi connectivity index (χ3v) is 21.5. The van der Waals surface area contributed by atoms with E-state index in [1.54, 1.807) is 27.7 Å². The number of rotatable bonds is 31. The lowest BCUT2D eigenvalue weighted by atomic mass is 9.88.